The standard InChI is InChI=1S/C32H29N3O3S/c1-32(2,39(3,37)38)27-20-25-8-5-15-34-30(25)29(21-27)24-6-4-7-26(19-24)31(36)35-28-11-9-22(10-12-28)18-23-13-16-33-17-14-23/h4-17,19-21H,18H2,1-3H3,(H,35,36). The van der Waals surface area contributed by atoms with Crippen LogP contribution in [0.5, 0.6) is 0 Å². The predicted octanol–water partition coefficient (Wildman–Crippen LogP) is 6.42. The van der Waals surface area contributed by atoms with E-state index in [0.717, 1.165) is 34.0 Å². The van der Waals surface area contributed by atoms with Crippen molar-refractivity contribution in [1.82, 2.24) is 9.97 Å². The number of anilines is 1. The molecule has 0 unspecified atom stereocenters. The quantitative estimate of drug-likeness (QED) is 0.260. The van der Waals surface area contributed by atoms with Gasteiger partial charge in [0.05, 0.1) is 10.3 Å². The molecule has 0 aliphatic carbocycles. The molecule has 0 fully saturated rings. The van der Waals surface area contributed by atoms with Gasteiger partial charge in [-0.15, -0.1) is 0 Å². The predicted molar refractivity (Wildman–Crippen MR) is 156 cm³/mol. The van der Waals surface area contributed by atoms with E-state index in [-0.39, 0.29) is 5.91 Å². The first-order valence-electron chi connectivity index (χ1n) is 12.6. The first kappa shape index (κ1) is 26.3. The zero-order chi connectivity index (χ0) is 27.6. The fraction of sp³-hybridized carbons (Fsp3) is 0.156. The van der Waals surface area contributed by atoms with E-state index in [1.165, 1.54) is 11.8 Å². The smallest absolute Gasteiger partial charge is 0.255 e. The minimum Gasteiger partial charge on any atom is -0.322 e. The highest BCUT2D eigenvalue weighted by Gasteiger charge is 2.33. The summed E-state index contributed by atoms with van der Waals surface area (Å²) in [5.74, 6) is -0.233. The average Bonchev–Trinajstić information content (AvgIpc) is 2.93. The lowest BCUT2D eigenvalue weighted by Crippen LogP contribution is -2.28. The Labute approximate surface area is 228 Å². The fourth-order valence-electron chi connectivity index (χ4n) is 4.45. The highest BCUT2D eigenvalue weighted by molar-refractivity contribution is 7.91. The second kappa shape index (κ2) is 10.4. The molecular formula is C32H29N3O3S. The first-order valence-corrected chi connectivity index (χ1v) is 14.5. The minimum atomic E-state index is -3.39. The van der Waals surface area contributed by atoms with Gasteiger partial charge in [0.1, 0.15) is 0 Å². The summed E-state index contributed by atoms with van der Waals surface area (Å²) < 4.78 is 24.1. The van der Waals surface area contributed by atoms with Crippen molar-refractivity contribution in [2.75, 3.05) is 11.6 Å². The Bertz CT molecular complexity index is 1760. The van der Waals surface area contributed by atoms with Crippen molar-refractivity contribution >= 4 is 32.3 Å². The monoisotopic (exact) mass is 535 g/mol. The molecule has 0 bridgehead atoms. The van der Waals surface area contributed by atoms with Gasteiger partial charge in [-0.25, -0.2) is 8.42 Å². The second-order valence-corrected chi connectivity index (χ2v) is 12.7. The van der Waals surface area contributed by atoms with Crippen LogP contribution in [0.15, 0.2) is 104 Å². The summed E-state index contributed by atoms with van der Waals surface area (Å²) in [6, 6.07) is 26.6. The SMILES string of the molecule is CC(C)(c1cc(-c2cccc(C(=O)Nc3ccc(Cc4ccncc4)cc3)c2)c2ncccc2c1)S(C)(=O)=O. The van der Waals surface area contributed by atoms with Gasteiger partial charge in [0, 0.05) is 47.0 Å². The van der Waals surface area contributed by atoms with Gasteiger partial charge in [0.2, 0.25) is 0 Å². The van der Waals surface area contributed by atoms with E-state index in [9.17, 15) is 13.2 Å². The minimum absolute atomic E-state index is 0.233. The van der Waals surface area contributed by atoms with Crippen molar-refractivity contribution < 1.29 is 13.2 Å². The van der Waals surface area contributed by atoms with E-state index < -0.39 is 14.6 Å². The Balaban J connectivity index is 1.44. The third-order valence-corrected chi connectivity index (χ3v) is 9.22. The van der Waals surface area contributed by atoms with Crippen LogP contribution in [0.1, 0.15) is 40.9 Å². The van der Waals surface area contributed by atoms with Gasteiger partial charge in [-0.2, -0.15) is 0 Å². The van der Waals surface area contributed by atoms with Crippen molar-refractivity contribution in [3.63, 3.8) is 0 Å². The van der Waals surface area contributed by atoms with E-state index in [2.05, 4.69) is 15.3 Å². The maximum absolute atomic E-state index is 13.2. The first-order chi connectivity index (χ1) is 18.6. The third-order valence-electron chi connectivity index (χ3n) is 7.13. The van der Waals surface area contributed by atoms with Crippen LogP contribution in [-0.2, 0) is 21.0 Å². The zero-order valence-corrected chi connectivity index (χ0v) is 22.9. The second-order valence-electron chi connectivity index (χ2n) is 10.1. The van der Waals surface area contributed by atoms with E-state index in [4.69, 9.17) is 0 Å². The molecular weight excluding hydrogens is 506 g/mol. The largest absolute Gasteiger partial charge is 0.322 e. The summed E-state index contributed by atoms with van der Waals surface area (Å²) in [5.41, 5.74) is 6.47. The van der Waals surface area contributed by atoms with Crippen molar-refractivity contribution in [2.45, 2.75) is 25.0 Å². The van der Waals surface area contributed by atoms with Gasteiger partial charge in [0.25, 0.3) is 5.91 Å². The van der Waals surface area contributed by atoms with Gasteiger partial charge in [-0.3, -0.25) is 14.8 Å². The molecule has 5 rings (SSSR count). The van der Waals surface area contributed by atoms with E-state index in [1.807, 2.05) is 78.9 Å². The number of carbonyl (C=O) groups is 1. The number of aromatic nitrogens is 2. The number of hydrogen-bond acceptors (Lipinski definition) is 5. The van der Waals surface area contributed by atoms with Crippen molar-refractivity contribution in [1.29, 1.82) is 0 Å². The van der Waals surface area contributed by atoms with Crippen LogP contribution in [0, 0.1) is 0 Å². The average molecular weight is 536 g/mol. The summed E-state index contributed by atoms with van der Waals surface area (Å²) in [7, 11) is -3.39. The molecule has 0 saturated heterocycles. The number of pyridine rings is 2. The number of rotatable bonds is 7. The molecule has 0 aliphatic heterocycles. The van der Waals surface area contributed by atoms with E-state index >= 15 is 0 Å². The van der Waals surface area contributed by atoms with Crippen LogP contribution >= 0.6 is 0 Å². The number of hydrogen-bond donors (Lipinski definition) is 1. The molecule has 0 spiro atoms. The highest BCUT2D eigenvalue weighted by atomic mass is 32.2. The highest BCUT2D eigenvalue weighted by Crippen LogP contribution is 2.36. The number of sulfone groups is 1. The number of nitrogens with zero attached hydrogens (tertiary/aromatic N) is 2. The van der Waals surface area contributed by atoms with Gasteiger partial charge < -0.3 is 5.32 Å². The van der Waals surface area contributed by atoms with Crippen LogP contribution in [0.3, 0.4) is 0 Å². The van der Waals surface area contributed by atoms with Crippen LogP contribution in [0.2, 0.25) is 0 Å². The Morgan fingerprint density at radius 2 is 1.56 bits per heavy atom. The lowest BCUT2D eigenvalue weighted by Gasteiger charge is -2.24. The number of carbonyl (C=O) groups excluding carboxylic acids is 1. The van der Waals surface area contributed by atoms with Crippen LogP contribution < -0.4 is 5.32 Å². The van der Waals surface area contributed by atoms with Crippen molar-refractivity contribution in [3.8, 4) is 11.1 Å². The Hall–Kier alpha value is -4.36. The molecule has 0 radical (unpaired) electrons. The molecule has 1 N–H and O–H groups in total. The molecule has 2 aromatic heterocycles. The Kier molecular flexibility index (Phi) is 7.02. The summed E-state index contributed by atoms with van der Waals surface area (Å²) in [6.07, 6.45) is 7.30. The lowest BCUT2D eigenvalue weighted by molar-refractivity contribution is 0.102. The molecule has 2 heterocycles. The van der Waals surface area contributed by atoms with Crippen molar-refractivity contribution in [3.05, 3.63) is 126 Å². The Morgan fingerprint density at radius 3 is 2.28 bits per heavy atom. The number of nitrogens with one attached hydrogen (secondary N) is 1. The summed E-state index contributed by atoms with van der Waals surface area (Å²) in [5, 5.41) is 3.81. The summed E-state index contributed by atoms with van der Waals surface area (Å²) in [6.45, 7) is 3.41. The lowest BCUT2D eigenvalue weighted by atomic mass is 9.93. The summed E-state index contributed by atoms with van der Waals surface area (Å²) >= 11 is 0. The topological polar surface area (TPSA) is 89.0 Å². The normalized spacial score (nSPS) is 11.9. The van der Waals surface area contributed by atoms with Gasteiger partial charge in [0.15, 0.2) is 9.84 Å². The summed E-state index contributed by atoms with van der Waals surface area (Å²) in [4.78, 5) is 21.8. The van der Waals surface area contributed by atoms with Gasteiger partial charge in [-0.1, -0.05) is 30.3 Å². The van der Waals surface area contributed by atoms with E-state index in [1.54, 1.807) is 38.5 Å². The molecule has 0 aliphatic rings. The molecule has 7 heteroatoms. The molecule has 5 aromatic rings. The fourth-order valence-corrected chi connectivity index (χ4v) is 4.99. The molecule has 1 amide bonds. The van der Waals surface area contributed by atoms with Crippen LogP contribution in [0.25, 0.3) is 22.0 Å². The molecule has 0 saturated carbocycles. The zero-order valence-electron chi connectivity index (χ0n) is 22.0. The Morgan fingerprint density at radius 1 is 0.846 bits per heavy atom. The molecule has 196 valence electrons. The van der Waals surface area contributed by atoms with Crippen LogP contribution in [0.4, 0.5) is 5.69 Å². The van der Waals surface area contributed by atoms with Gasteiger partial charge >= 0.3 is 0 Å². The molecule has 39 heavy (non-hydrogen) atoms. The maximum atomic E-state index is 13.2. The van der Waals surface area contributed by atoms with Crippen molar-refractivity contribution in [2.24, 2.45) is 0 Å². The molecule has 3 aromatic carbocycles. The van der Waals surface area contributed by atoms with Crippen LogP contribution in [-0.4, -0.2) is 30.5 Å². The number of fused-ring (bicyclic) bond motifs is 1. The van der Waals surface area contributed by atoms with E-state index in [0.29, 0.717) is 16.8 Å². The number of amides is 1. The molecule has 0 atom stereocenters. The maximum Gasteiger partial charge on any atom is 0.255 e. The number of benzene rings is 3. The molecule has 6 nitrogen and oxygen atoms in total. The third kappa shape index (κ3) is 5.59. The van der Waals surface area contributed by atoms with Gasteiger partial charge in [-0.05, 0) is 97.1 Å².